The molecule has 22 heavy (non-hydrogen) atoms. The Kier molecular flexibility index (Phi) is 4.97. The van der Waals surface area contributed by atoms with Crippen LogP contribution in [0.1, 0.15) is 20.8 Å². The molecule has 1 aromatic carbocycles. The summed E-state index contributed by atoms with van der Waals surface area (Å²) in [5.74, 6) is 0.227. The van der Waals surface area contributed by atoms with Crippen LogP contribution in [0.25, 0.3) is 10.2 Å². The molecule has 0 saturated heterocycles. The molecule has 2 amide bonds. The molecule has 118 valence electrons. The van der Waals surface area contributed by atoms with E-state index in [4.69, 9.17) is 4.74 Å². The number of aromatic nitrogens is 1. The zero-order valence-corrected chi connectivity index (χ0v) is 13.8. The summed E-state index contributed by atoms with van der Waals surface area (Å²) in [6.07, 6.45) is 0. The SMILES string of the molecule is COc1ccc2nc(NC(=O)C(NC(C)=O)C(C)C)sc2c1. The van der Waals surface area contributed by atoms with Gasteiger partial charge in [0, 0.05) is 6.92 Å². The number of hydrogen-bond acceptors (Lipinski definition) is 5. The zero-order chi connectivity index (χ0) is 16.3. The second-order valence-electron chi connectivity index (χ2n) is 5.26. The Balaban J connectivity index is 2.18. The van der Waals surface area contributed by atoms with E-state index in [0.29, 0.717) is 5.13 Å². The standard InChI is InChI=1S/C15H19N3O3S/c1-8(2)13(16-9(3)19)14(20)18-15-17-11-6-5-10(21-4)7-12(11)22-15/h5-8,13H,1-4H3,(H,16,19)(H,17,18,20). The third kappa shape index (κ3) is 3.73. The first kappa shape index (κ1) is 16.2. The topological polar surface area (TPSA) is 80.3 Å². The molecule has 0 radical (unpaired) electrons. The lowest BCUT2D eigenvalue weighted by Crippen LogP contribution is -2.46. The van der Waals surface area contributed by atoms with Gasteiger partial charge in [-0.25, -0.2) is 4.98 Å². The van der Waals surface area contributed by atoms with Gasteiger partial charge in [-0.05, 0) is 24.1 Å². The van der Waals surface area contributed by atoms with Crippen LogP contribution in [-0.4, -0.2) is 29.9 Å². The molecule has 2 N–H and O–H groups in total. The number of carbonyl (C=O) groups is 2. The van der Waals surface area contributed by atoms with Gasteiger partial charge in [-0.15, -0.1) is 0 Å². The molecule has 1 atom stereocenters. The molecule has 0 aliphatic heterocycles. The van der Waals surface area contributed by atoms with E-state index in [0.717, 1.165) is 16.0 Å². The number of amides is 2. The minimum atomic E-state index is -0.584. The van der Waals surface area contributed by atoms with Gasteiger partial charge in [-0.2, -0.15) is 0 Å². The number of anilines is 1. The summed E-state index contributed by atoms with van der Waals surface area (Å²) >= 11 is 1.37. The molecular weight excluding hydrogens is 302 g/mol. The highest BCUT2D eigenvalue weighted by Crippen LogP contribution is 2.29. The molecule has 1 heterocycles. The highest BCUT2D eigenvalue weighted by molar-refractivity contribution is 7.22. The first-order valence-electron chi connectivity index (χ1n) is 6.93. The molecule has 0 saturated carbocycles. The number of nitrogens with zero attached hydrogens (tertiary/aromatic N) is 1. The number of ether oxygens (including phenoxy) is 1. The molecule has 7 heteroatoms. The van der Waals surface area contributed by atoms with Crippen LogP contribution in [0.5, 0.6) is 5.75 Å². The summed E-state index contributed by atoms with van der Waals surface area (Å²) < 4.78 is 6.10. The Hall–Kier alpha value is -2.15. The summed E-state index contributed by atoms with van der Waals surface area (Å²) in [5, 5.41) is 5.93. The Morgan fingerprint density at radius 2 is 2.05 bits per heavy atom. The number of thiazole rings is 1. The normalized spacial score (nSPS) is 12.2. The highest BCUT2D eigenvalue weighted by atomic mass is 32.1. The number of methoxy groups -OCH3 is 1. The van der Waals surface area contributed by atoms with Gasteiger partial charge < -0.3 is 15.4 Å². The van der Waals surface area contributed by atoms with Crippen molar-refractivity contribution in [2.75, 3.05) is 12.4 Å². The van der Waals surface area contributed by atoms with Crippen LogP contribution in [0.2, 0.25) is 0 Å². The van der Waals surface area contributed by atoms with E-state index in [9.17, 15) is 9.59 Å². The largest absolute Gasteiger partial charge is 0.497 e. The lowest BCUT2D eigenvalue weighted by Gasteiger charge is -2.19. The number of hydrogen-bond donors (Lipinski definition) is 2. The predicted octanol–water partition coefficient (Wildman–Crippen LogP) is 2.40. The molecule has 0 spiro atoms. The molecule has 2 rings (SSSR count). The van der Waals surface area contributed by atoms with Gasteiger partial charge in [0.2, 0.25) is 11.8 Å². The Labute approximate surface area is 132 Å². The van der Waals surface area contributed by atoms with Crippen molar-refractivity contribution in [1.29, 1.82) is 0 Å². The van der Waals surface area contributed by atoms with Crippen molar-refractivity contribution in [1.82, 2.24) is 10.3 Å². The summed E-state index contributed by atoms with van der Waals surface area (Å²) in [6, 6.07) is 4.95. The van der Waals surface area contributed by atoms with Gasteiger partial charge >= 0.3 is 0 Å². The lowest BCUT2D eigenvalue weighted by molar-refractivity contribution is -0.126. The van der Waals surface area contributed by atoms with Gasteiger partial charge in [-0.3, -0.25) is 9.59 Å². The maximum atomic E-state index is 12.3. The minimum absolute atomic E-state index is 0.0154. The number of benzene rings is 1. The van der Waals surface area contributed by atoms with E-state index in [-0.39, 0.29) is 17.7 Å². The fourth-order valence-electron chi connectivity index (χ4n) is 2.02. The van der Waals surface area contributed by atoms with Gasteiger partial charge in [0.15, 0.2) is 5.13 Å². The first-order valence-corrected chi connectivity index (χ1v) is 7.75. The summed E-state index contributed by atoms with van der Waals surface area (Å²) in [6.45, 7) is 5.15. The minimum Gasteiger partial charge on any atom is -0.497 e. The number of rotatable bonds is 5. The van der Waals surface area contributed by atoms with Crippen molar-refractivity contribution < 1.29 is 14.3 Å². The van der Waals surface area contributed by atoms with Crippen molar-refractivity contribution in [3.63, 3.8) is 0 Å². The maximum Gasteiger partial charge on any atom is 0.248 e. The molecule has 0 aliphatic carbocycles. The Morgan fingerprint density at radius 1 is 1.32 bits per heavy atom. The molecule has 0 fully saturated rings. The van der Waals surface area contributed by atoms with Crippen LogP contribution in [0, 0.1) is 5.92 Å². The van der Waals surface area contributed by atoms with Gasteiger partial charge in [0.1, 0.15) is 11.8 Å². The van der Waals surface area contributed by atoms with Gasteiger partial charge in [0.25, 0.3) is 0 Å². The Morgan fingerprint density at radius 3 is 2.64 bits per heavy atom. The van der Waals surface area contributed by atoms with Crippen LogP contribution in [0.4, 0.5) is 5.13 Å². The quantitative estimate of drug-likeness (QED) is 0.886. The third-order valence-electron chi connectivity index (χ3n) is 3.13. The van der Waals surface area contributed by atoms with E-state index in [1.165, 1.54) is 18.3 Å². The van der Waals surface area contributed by atoms with Crippen molar-refractivity contribution in [3.05, 3.63) is 18.2 Å². The molecule has 0 bridgehead atoms. The fourth-order valence-corrected chi connectivity index (χ4v) is 2.92. The predicted molar refractivity (Wildman–Crippen MR) is 87.2 cm³/mol. The monoisotopic (exact) mass is 321 g/mol. The third-order valence-corrected chi connectivity index (χ3v) is 4.07. The second-order valence-corrected chi connectivity index (χ2v) is 6.29. The van der Waals surface area contributed by atoms with Crippen LogP contribution < -0.4 is 15.4 Å². The summed E-state index contributed by atoms with van der Waals surface area (Å²) in [4.78, 5) is 27.9. The van der Waals surface area contributed by atoms with Crippen LogP contribution >= 0.6 is 11.3 Å². The summed E-state index contributed by atoms with van der Waals surface area (Å²) in [5.41, 5.74) is 0.793. The molecular formula is C15H19N3O3S. The fraction of sp³-hybridized carbons (Fsp3) is 0.400. The number of fused-ring (bicyclic) bond motifs is 1. The van der Waals surface area contributed by atoms with Crippen LogP contribution in [0.15, 0.2) is 18.2 Å². The summed E-state index contributed by atoms with van der Waals surface area (Å²) in [7, 11) is 1.60. The molecule has 0 aliphatic rings. The first-order chi connectivity index (χ1) is 10.4. The zero-order valence-electron chi connectivity index (χ0n) is 13.0. The molecule has 1 aromatic heterocycles. The smallest absolute Gasteiger partial charge is 0.248 e. The van der Waals surface area contributed by atoms with Crippen LogP contribution in [0.3, 0.4) is 0 Å². The average molecular weight is 321 g/mol. The molecule has 2 aromatic rings. The van der Waals surface area contributed by atoms with E-state index < -0.39 is 6.04 Å². The van der Waals surface area contributed by atoms with Crippen molar-refractivity contribution in [2.45, 2.75) is 26.8 Å². The van der Waals surface area contributed by atoms with Crippen molar-refractivity contribution >= 4 is 38.5 Å². The van der Waals surface area contributed by atoms with Crippen molar-refractivity contribution in [2.24, 2.45) is 5.92 Å². The second kappa shape index (κ2) is 6.74. The lowest BCUT2D eigenvalue weighted by atomic mass is 10.0. The molecule has 6 nitrogen and oxygen atoms in total. The molecule has 1 unspecified atom stereocenters. The Bertz CT molecular complexity index is 696. The van der Waals surface area contributed by atoms with Gasteiger partial charge in [-0.1, -0.05) is 25.2 Å². The van der Waals surface area contributed by atoms with Gasteiger partial charge in [0.05, 0.1) is 17.3 Å². The number of carbonyl (C=O) groups excluding carboxylic acids is 2. The average Bonchev–Trinajstić information content (AvgIpc) is 2.84. The maximum absolute atomic E-state index is 12.3. The van der Waals surface area contributed by atoms with E-state index in [1.54, 1.807) is 7.11 Å². The van der Waals surface area contributed by atoms with E-state index >= 15 is 0 Å². The van der Waals surface area contributed by atoms with E-state index in [2.05, 4.69) is 15.6 Å². The van der Waals surface area contributed by atoms with Crippen molar-refractivity contribution in [3.8, 4) is 5.75 Å². The van der Waals surface area contributed by atoms with Crippen LogP contribution in [-0.2, 0) is 9.59 Å². The number of nitrogens with one attached hydrogen (secondary N) is 2. The van der Waals surface area contributed by atoms with E-state index in [1.807, 2.05) is 32.0 Å². The highest BCUT2D eigenvalue weighted by Gasteiger charge is 2.23.